The van der Waals surface area contributed by atoms with Gasteiger partial charge in [0.1, 0.15) is 0 Å². The molecule has 0 spiro atoms. The minimum atomic E-state index is 0.410. The highest BCUT2D eigenvalue weighted by Crippen LogP contribution is 2.51. The molecule has 0 nitrogen and oxygen atoms in total. The van der Waals surface area contributed by atoms with Gasteiger partial charge in [-0.25, -0.2) is 0 Å². The van der Waals surface area contributed by atoms with Crippen molar-refractivity contribution in [2.45, 2.75) is 78.6 Å². The highest BCUT2D eigenvalue weighted by Gasteiger charge is 2.44. The smallest absolute Gasteiger partial charge is 0.000440 e. The Morgan fingerprint density at radius 3 is 2.52 bits per heavy atom. The van der Waals surface area contributed by atoms with Crippen molar-refractivity contribution in [2.24, 2.45) is 17.8 Å². The average molecular weight is 287 g/mol. The zero-order chi connectivity index (χ0) is 15.5. The molecule has 0 saturated heterocycles. The molecular weight excluding hydrogens is 252 g/mol. The fourth-order valence-corrected chi connectivity index (χ4v) is 4.72. The molecule has 0 aliphatic heterocycles. The predicted octanol–water partition coefficient (Wildman–Crippen LogP) is 6.38. The van der Waals surface area contributed by atoms with Crippen molar-refractivity contribution < 1.29 is 0 Å². The summed E-state index contributed by atoms with van der Waals surface area (Å²) in [4.78, 5) is 0. The molecule has 2 unspecified atom stereocenters. The largest absolute Gasteiger partial charge is 0.0628 e. The van der Waals surface area contributed by atoms with Gasteiger partial charge in [-0.3, -0.25) is 0 Å². The van der Waals surface area contributed by atoms with E-state index in [2.05, 4.69) is 58.9 Å². The molecular formula is C21H34. The van der Waals surface area contributed by atoms with Crippen LogP contribution in [0, 0.1) is 17.8 Å². The van der Waals surface area contributed by atoms with E-state index in [9.17, 15) is 0 Å². The van der Waals surface area contributed by atoms with Crippen molar-refractivity contribution in [2.75, 3.05) is 0 Å². The van der Waals surface area contributed by atoms with Crippen LogP contribution in [0.1, 0.15) is 77.8 Å². The Morgan fingerprint density at radius 2 is 1.90 bits per heavy atom. The fourth-order valence-electron chi connectivity index (χ4n) is 4.72. The topological polar surface area (TPSA) is 0 Å². The number of rotatable bonds is 5. The highest BCUT2D eigenvalue weighted by atomic mass is 14.5. The molecule has 0 N–H and O–H groups in total. The molecule has 1 aliphatic carbocycles. The van der Waals surface area contributed by atoms with Gasteiger partial charge in [0.2, 0.25) is 0 Å². The Hall–Kier alpha value is -0.780. The van der Waals surface area contributed by atoms with E-state index in [1.54, 1.807) is 5.56 Å². The molecule has 1 saturated carbocycles. The van der Waals surface area contributed by atoms with Crippen LogP contribution in [0.4, 0.5) is 0 Å². The number of benzene rings is 1. The third-order valence-electron chi connectivity index (χ3n) is 5.78. The molecule has 0 heteroatoms. The normalized spacial score (nSPS) is 26.5. The van der Waals surface area contributed by atoms with Crippen LogP contribution >= 0.6 is 0 Å². The highest BCUT2D eigenvalue weighted by molar-refractivity contribution is 5.32. The molecule has 21 heavy (non-hydrogen) atoms. The lowest BCUT2D eigenvalue weighted by Crippen LogP contribution is -2.43. The summed E-state index contributed by atoms with van der Waals surface area (Å²) in [5.74, 6) is 2.40. The Balaban J connectivity index is 2.45. The quantitative estimate of drug-likeness (QED) is 0.589. The molecule has 0 aromatic heterocycles. The zero-order valence-electron chi connectivity index (χ0n) is 14.8. The second kappa shape index (κ2) is 6.99. The van der Waals surface area contributed by atoms with Crippen molar-refractivity contribution >= 4 is 0 Å². The minimum absolute atomic E-state index is 0.410. The van der Waals surface area contributed by atoms with Crippen molar-refractivity contribution in [3.05, 3.63) is 35.4 Å². The van der Waals surface area contributed by atoms with Gasteiger partial charge in [0, 0.05) is 5.41 Å². The van der Waals surface area contributed by atoms with Gasteiger partial charge in [-0.2, -0.15) is 0 Å². The van der Waals surface area contributed by atoms with Crippen LogP contribution in [-0.2, 0) is 11.8 Å². The van der Waals surface area contributed by atoms with Gasteiger partial charge in [0.05, 0.1) is 0 Å². The van der Waals surface area contributed by atoms with Crippen molar-refractivity contribution in [1.82, 2.24) is 0 Å². The molecule has 0 heterocycles. The van der Waals surface area contributed by atoms with Crippen LogP contribution in [0.25, 0.3) is 0 Å². The molecule has 0 bridgehead atoms. The molecule has 1 fully saturated rings. The van der Waals surface area contributed by atoms with E-state index < -0.39 is 0 Å². The summed E-state index contributed by atoms with van der Waals surface area (Å²) in [5.41, 5.74) is 3.54. The second-order valence-electron chi connectivity index (χ2n) is 7.82. The maximum absolute atomic E-state index is 2.51. The summed E-state index contributed by atoms with van der Waals surface area (Å²) < 4.78 is 0. The van der Waals surface area contributed by atoms with E-state index >= 15 is 0 Å². The fraction of sp³-hybridized carbons (Fsp3) is 0.714. The number of hydrogen-bond acceptors (Lipinski definition) is 0. The molecule has 0 radical (unpaired) electrons. The van der Waals surface area contributed by atoms with Crippen LogP contribution in [-0.4, -0.2) is 0 Å². The summed E-state index contributed by atoms with van der Waals surface area (Å²) in [6, 6.07) is 9.51. The lowest BCUT2D eigenvalue weighted by molar-refractivity contribution is 0.108. The Labute approximate surface area is 132 Å². The SMILES string of the molecule is CCc1cccc(C2(C(C)C)CCCCC2CC(C)C)c1. The van der Waals surface area contributed by atoms with Crippen molar-refractivity contribution in [3.63, 3.8) is 0 Å². The van der Waals surface area contributed by atoms with E-state index in [-0.39, 0.29) is 0 Å². The van der Waals surface area contributed by atoms with Gasteiger partial charge >= 0.3 is 0 Å². The van der Waals surface area contributed by atoms with E-state index in [1.165, 1.54) is 37.7 Å². The van der Waals surface area contributed by atoms with E-state index in [0.717, 1.165) is 24.2 Å². The van der Waals surface area contributed by atoms with E-state index in [0.29, 0.717) is 5.41 Å². The summed E-state index contributed by atoms with van der Waals surface area (Å²) >= 11 is 0. The van der Waals surface area contributed by atoms with Gasteiger partial charge in [0.15, 0.2) is 0 Å². The molecule has 118 valence electrons. The molecule has 2 rings (SSSR count). The predicted molar refractivity (Wildman–Crippen MR) is 93.7 cm³/mol. The maximum Gasteiger partial charge on any atom is 0.000440 e. The van der Waals surface area contributed by atoms with Gasteiger partial charge in [-0.05, 0) is 54.6 Å². The molecule has 1 aromatic carbocycles. The second-order valence-corrected chi connectivity index (χ2v) is 7.82. The van der Waals surface area contributed by atoms with Gasteiger partial charge in [-0.1, -0.05) is 71.7 Å². The Bertz CT molecular complexity index is 443. The number of hydrogen-bond donors (Lipinski definition) is 0. The van der Waals surface area contributed by atoms with Crippen LogP contribution in [0.5, 0.6) is 0 Å². The summed E-state index contributed by atoms with van der Waals surface area (Å²) in [6.07, 6.45) is 8.18. The maximum atomic E-state index is 2.51. The monoisotopic (exact) mass is 286 g/mol. The lowest BCUT2D eigenvalue weighted by atomic mass is 9.55. The van der Waals surface area contributed by atoms with Gasteiger partial charge < -0.3 is 0 Å². The first-order valence-electron chi connectivity index (χ1n) is 9.10. The third kappa shape index (κ3) is 3.35. The van der Waals surface area contributed by atoms with E-state index in [4.69, 9.17) is 0 Å². The van der Waals surface area contributed by atoms with Gasteiger partial charge in [-0.15, -0.1) is 0 Å². The minimum Gasteiger partial charge on any atom is -0.0628 e. The van der Waals surface area contributed by atoms with Crippen LogP contribution < -0.4 is 0 Å². The summed E-state index contributed by atoms with van der Waals surface area (Å²) in [7, 11) is 0. The number of aryl methyl sites for hydroxylation is 1. The van der Waals surface area contributed by atoms with Crippen LogP contribution in [0.3, 0.4) is 0 Å². The zero-order valence-corrected chi connectivity index (χ0v) is 14.8. The standard InChI is InChI=1S/C21H34/c1-6-18-10-9-12-20(15-18)21(17(4)5)13-8-7-11-19(21)14-16(2)3/h9-10,12,15-17,19H,6-8,11,13-14H2,1-5H3. The Kier molecular flexibility index (Phi) is 5.52. The van der Waals surface area contributed by atoms with Crippen molar-refractivity contribution in [3.8, 4) is 0 Å². The van der Waals surface area contributed by atoms with Crippen LogP contribution in [0.2, 0.25) is 0 Å². The van der Waals surface area contributed by atoms with E-state index in [1.807, 2.05) is 0 Å². The first-order valence-corrected chi connectivity index (χ1v) is 9.10. The average Bonchev–Trinajstić information content (AvgIpc) is 2.47. The first kappa shape index (κ1) is 16.6. The third-order valence-corrected chi connectivity index (χ3v) is 5.78. The van der Waals surface area contributed by atoms with Crippen molar-refractivity contribution in [1.29, 1.82) is 0 Å². The van der Waals surface area contributed by atoms with Gasteiger partial charge in [0.25, 0.3) is 0 Å². The molecule has 1 aromatic rings. The summed E-state index contributed by atoms with van der Waals surface area (Å²) in [5, 5.41) is 0. The molecule has 2 atom stereocenters. The lowest BCUT2D eigenvalue weighted by Gasteiger charge is -2.49. The molecule has 1 aliphatic rings. The summed E-state index contributed by atoms with van der Waals surface area (Å²) in [6.45, 7) is 12.0. The first-order chi connectivity index (χ1) is 10.0. The Morgan fingerprint density at radius 1 is 1.14 bits per heavy atom. The molecule has 0 amide bonds. The van der Waals surface area contributed by atoms with Crippen LogP contribution in [0.15, 0.2) is 24.3 Å².